The normalized spacial score (nSPS) is 11.8. The van der Waals surface area contributed by atoms with E-state index < -0.39 is 17.7 Å². The molecule has 0 saturated carbocycles. The molecule has 148 valence electrons. The molecule has 1 aromatic carbocycles. The number of carbonyl (C=O) groups is 1. The van der Waals surface area contributed by atoms with Crippen molar-refractivity contribution in [3.8, 4) is 10.6 Å². The summed E-state index contributed by atoms with van der Waals surface area (Å²) in [6.07, 6.45) is -4.40. The summed E-state index contributed by atoms with van der Waals surface area (Å²) in [7, 11) is 0. The lowest BCUT2D eigenvalue weighted by Gasteiger charge is -2.06. The van der Waals surface area contributed by atoms with Crippen molar-refractivity contribution in [2.24, 2.45) is 0 Å². The van der Waals surface area contributed by atoms with Crippen molar-refractivity contribution in [2.75, 3.05) is 0 Å². The van der Waals surface area contributed by atoms with Gasteiger partial charge in [-0.1, -0.05) is 23.9 Å². The maximum Gasteiger partial charge on any atom is 0.416 e. The summed E-state index contributed by atoms with van der Waals surface area (Å²) in [5.41, 5.74) is 1.51. The van der Waals surface area contributed by atoms with Gasteiger partial charge in [0.1, 0.15) is 5.01 Å². The molecule has 1 N–H and O–H groups in total. The molecule has 0 atom stereocenters. The number of thioether (sulfide) groups is 1. The van der Waals surface area contributed by atoms with Crippen LogP contribution in [-0.4, -0.2) is 21.0 Å². The lowest BCUT2D eigenvalue weighted by Crippen LogP contribution is -2.03. The van der Waals surface area contributed by atoms with Crippen LogP contribution in [0, 0.1) is 13.8 Å². The van der Waals surface area contributed by atoms with Crippen LogP contribution >= 0.6 is 34.4 Å². The van der Waals surface area contributed by atoms with Gasteiger partial charge < -0.3 is 5.11 Å². The van der Waals surface area contributed by atoms with Crippen LogP contribution in [0.4, 0.5) is 13.2 Å². The van der Waals surface area contributed by atoms with Gasteiger partial charge in [-0.2, -0.15) is 13.2 Å². The minimum Gasteiger partial charge on any atom is -0.481 e. The molecule has 0 aliphatic rings. The van der Waals surface area contributed by atoms with Gasteiger partial charge in [0.2, 0.25) is 0 Å². The number of aliphatic carboxylic acids is 1. The van der Waals surface area contributed by atoms with Gasteiger partial charge in [-0.15, -0.1) is 22.7 Å². The number of hydrogen-bond acceptors (Lipinski definition) is 6. The van der Waals surface area contributed by atoms with Gasteiger partial charge in [-0.25, -0.2) is 9.97 Å². The van der Waals surface area contributed by atoms with Gasteiger partial charge >= 0.3 is 12.1 Å². The summed E-state index contributed by atoms with van der Waals surface area (Å²) in [6.45, 7) is 3.66. The van der Waals surface area contributed by atoms with Crippen LogP contribution in [0.1, 0.15) is 26.7 Å². The third-order valence-electron chi connectivity index (χ3n) is 3.86. The highest BCUT2D eigenvalue weighted by Crippen LogP contribution is 2.36. The minimum atomic E-state index is -4.36. The number of carboxylic acids is 1. The van der Waals surface area contributed by atoms with Crippen molar-refractivity contribution in [2.45, 2.75) is 36.5 Å². The first-order valence-electron chi connectivity index (χ1n) is 8.08. The van der Waals surface area contributed by atoms with Gasteiger partial charge in [0, 0.05) is 21.1 Å². The Morgan fingerprint density at radius 2 is 1.71 bits per heavy atom. The molecule has 2 aromatic heterocycles. The summed E-state index contributed by atoms with van der Waals surface area (Å²) < 4.78 is 38.9. The average Bonchev–Trinajstić information content (AvgIpc) is 3.14. The van der Waals surface area contributed by atoms with Crippen LogP contribution < -0.4 is 0 Å². The molecular weight excluding hydrogens is 429 g/mol. The van der Waals surface area contributed by atoms with E-state index in [1.54, 1.807) is 6.92 Å². The molecule has 10 heteroatoms. The van der Waals surface area contributed by atoms with Gasteiger partial charge in [-0.05, 0) is 26.0 Å². The monoisotopic (exact) mass is 444 g/mol. The quantitative estimate of drug-likeness (QED) is 0.485. The van der Waals surface area contributed by atoms with Gasteiger partial charge in [0.05, 0.1) is 23.4 Å². The molecule has 0 aliphatic carbocycles. The number of hydrogen-bond donors (Lipinski definition) is 1. The zero-order valence-electron chi connectivity index (χ0n) is 14.8. The first-order valence-corrected chi connectivity index (χ1v) is 10.7. The maximum absolute atomic E-state index is 12.7. The Labute approximate surface area is 171 Å². The molecule has 2 heterocycles. The molecule has 3 rings (SSSR count). The maximum atomic E-state index is 12.7. The Bertz CT molecular complexity index is 995. The van der Waals surface area contributed by atoms with Gasteiger partial charge in [0.15, 0.2) is 4.34 Å². The molecule has 4 nitrogen and oxygen atoms in total. The fraction of sp³-hybridized carbons (Fsp3) is 0.278. The number of alkyl halides is 3. The minimum absolute atomic E-state index is 0.0400. The number of carboxylic acid groups (broad SMARTS) is 1. The number of nitrogens with zero attached hydrogens (tertiary/aromatic N) is 2. The molecule has 0 amide bonds. The molecular formula is C18H15F3N2O2S3. The third kappa shape index (κ3) is 4.92. The average molecular weight is 445 g/mol. The smallest absolute Gasteiger partial charge is 0.416 e. The highest BCUT2D eigenvalue weighted by atomic mass is 32.2. The van der Waals surface area contributed by atoms with Crippen molar-refractivity contribution < 1.29 is 23.1 Å². The molecule has 0 fully saturated rings. The summed E-state index contributed by atoms with van der Waals surface area (Å²) in [4.78, 5) is 21.5. The predicted octanol–water partition coefficient (Wildman–Crippen LogP) is 5.82. The zero-order chi connectivity index (χ0) is 20.5. The fourth-order valence-corrected chi connectivity index (χ4v) is 5.82. The highest BCUT2D eigenvalue weighted by Gasteiger charge is 2.30. The van der Waals surface area contributed by atoms with Crippen molar-refractivity contribution in [1.82, 2.24) is 9.97 Å². The largest absolute Gasteiger partial charge is 0.481 e. The fourth-order valence-electron chi connectivity index (χ4n) is 2.38. The molecule has 0 bridgehead atoms. The van der Waals surface area contributed by atoms with E-state index in [9.17, 15) is 18.0 Å². The van der Waals surface area contributed by atoms with E-state index in [4.69, 9.17) is 5.11 Å². The Morgan fingerprint density at radius 1 is 1.07 bits per heavy atom. The summed E-state index contributed by atoms with van der Waals surface area (Å²) in [6, 6.07) is 4.98. The van der Waals surface area contributed by atoms with Crippen molar-refractivity contribution >= 4 is 40.4 Å². The standard InChI is InChI=1S/C18H15F3N2O2S3/c1-9-13(7-15(24)25)28-17(23-9)26-8-14-10(2)22-16(27-14)11-3-5-12(6-4-11)18(19,20)21/h3-6H,7-8H2,1-2H3,(H,24,25). The highest BCUT2D eigenvalue weighted by molar-refractivity contribution is 8.00. The summed E-state index contributed by atoms with van der Waals surface area (Å²) >= 11 is 4.31. The molecule has 0 saturated heterocycles. The first kappa shape index (κ1) is 20.8. The molecule has 28 heavy (non-hydrogen) atoms. The second-order valence-corrected chi connectivity index (χ2v) is 9.34. The summed E-state index contributed by atoms with van der Waals surface area (Å²) in [5, 5.41) is 9.59. The van der Waals surface area contributed by atoms with Crippen LogP contribution in [-0.2, 0) is 23.1 Å². The Kier molecular flexibility index (Phi) is 6.11. The Morgan fingerprint density at radius 3 is 2.32 bits per heavy atom. The number of aromatic nitrogens is 2. The number of thiazole rings is 2. The molecule has 3 aromatic rings. The van der Waals surface area contributed by atoms with Crippen LogP contribution in [0.3, 0.4) is 0 Å². The Hall–Kier alpha value is -1.91. The first-order chi connectivity index (χ1) is 13.1. The van der Waals surface area contributed by atoms with E-state index >= 15 is 0 Å². The van der Waals surface area contributed by atoms with E-state index in [0.29, 0.717) is 16.3 Å². The van der Waals surface area contributed by atoms with Gasteiger partial charge in [0.25, 0.3) is 0 Å². The second-order valence-electron chi connectivity index (χ2n) is 5.95. The number of aryl methyl sites for hydroxylation is 2. The lowest BCUT2D eigenvalue weighted by atomic mass is 10.1. The van der Waals surface area contributed by atoms with E-state index in [1.807, 2.05) is 6.92 Å². The number of rotatable bonds is 6. The van der Waals surface area contributed by atoms with Crippen LogP contribution in [0.15, 0.2) is 28.6 Å². The van der Waals surface area contributed by atoms with Crippen LogP contribution in [0.25, 0.3) is 10.6 Å². The number of benzene rings is 1. The third-order valence-corrected chi connectivity index (χ3v) is 7.58. The van der Waals surface area contributed by atoms with Crippen LogP contribution in [0.5, 0.6) is 0 Å². The topological polar surface area (TPSA) is 63.1 Å². The molecule has 0 unspecified atom stereocenters. The van der Waals surface area contributed by atoms with Crippen molar-refractivity contribution in [1.29, 1.82) is 0 Å². The van der Waals surface area contributed by atoms with Crippen molar-refractivity contribution in [3.05, 3.63) is 51.0 Å². The van der Waals surface area contributed by atoms with Crippen molar-refractivity contribution in [3.63, 3.8) is 0 Å². The van der Waals surface area contributed by atoms with E-state index in [-0.39, 0.29) is 6.42 Å². The van der Waals surface area contributed by atoms with E-state index in [0.717, 1.165) is 37.6 Å². The SMILES string of the molecule is Cc1nc(SCc2sc(-c3ccc(C(F)(F)F)cc3)nc2C)sc1CC(=O)O. The second kappa shape index (κ2) is 8.22. The van der Waals surface area contributed by atoms with Gasteiger partial charge in [-0.3, -0.25) is 4.79 Å². The number of halogens is 3. The molecule has 0 radical (unpaired) electrons. The van der Waals surface area contributed by atoms with Crippen LogP contribution in [0.2, 0.25) is 0 Å². The lowest BCUT2D eigenvalue weighted by molar-refractivity contribution is -0.138. The summed E-state index contributed by atoms with van der Waals surface area (Å²) in [5.74, 6) is -0.272. The zero-order valence-corrected chi connectivity index (χ0v) is 17.3. The van der Waals surface area contributed by atoms with E-state index in [2.05, 4.69) is 9.97 Å². The predicted molar refractivity (Wildman–Crippen MR) is 105 cm³/mol. The molecule has 0 aliphatic heterocycles. The molecule has 0 spiro atoms. The Balaban J connectivity index is 1.72. The van der Waals surface area contributed by atoms with E-state index in [1.165, 1.54) is 46.6 Å².